The van der Waals surface area contributed by atoms with E-state index in [1.54, 1.807) is 12.3 Å². The van der Waals surface area contributed by atoms with Crippen molar-refractivity contribution in [3.05, 3.63) is 52.0 Å². The second kappa shape index (κ2) is 6.39. The Hall–Kier alpha value is -1.07. The van der Waals surface area contributed by atoms with Gasteiger partial charge >= 0.3 is 0 Å². The average Bonchev–Trinajstić information content (AvgIpc) is 2.86. The molecule has 0 radical (unpaired) electrons. The highest BCUT2D eigenvalue weighted by atomic mass is 35.5. The maximum Gasteiger partial charge on any atom is 0.127 e. The van der Waals surface area contributed by atoms with Crippen molar-refractivity contribution < 1.29 is 0 Å². The van der Waals surface area contributed by atoms with Gasteiger partial charge < -0.3 is 4.57 Å². The lowest BCUT2D eigenvalue weighted by Crippen LogP contribution is -2.31. The predicted octanol–water partition coefficient (Wildman–Crippen LogP) is 2.96. The first-order valence-corrected chi connectivity index (χ1v) is 6.82. The summed E-state index contributed by atoms with van der Waals surface area (Å²) in [7, 11) is 0. The summed E-state index contributed by atoms with van der Waals surface area (Å²) >= 11 is 12.1. The molecular weight excluding hydrogens is 283 g/mol. The molecule has 0 saturated heterocycles. The molecule has 0 aliphatic rings. The molecule has 102 valence electrons. The van der Waals surface area contributed by atoms with Gasteiger partial charge in [-0.1, -0.05) is 29.3 Å². The molecule has 1 heterocycles. The van der Waals surface area contributed by atoms with Crippen molar-refractivity contribution in [2.75, 3.05) is 0 Å². The first-order chi connectivity index (χ1) is 9.15. The Morgan fingerprint density at radius 2 is 2.21 bits per heavy atom. The van der Waals surface area contributed by atoms with Crippen molar-refractivity contribution in [1.29, 1.82) is 0 Å². The molecule has 0 amide bonds. The lowest BCUT2D eigenvalue weighted by molar-refractivity contribution is 0.496. The van der Waals surface area contributed by atoms with Crippen LogP contribution in [0.4, 0.5) is 0 Å². The quantitative estimate of drug-likeness (QED) is 0.659. The smallest absolute Gasteiger partial charge is 0.127 e. The van der Waals surface area contributed by atoms with Gasteiger partial charge in [-0.25, -0.2) is 10.4 Å². The van der Waals surface area contributed by atoms with Crippen LogP contribution in [0, 0.1) is 0 Å². The molecule has 0 spiro atoms. The lowest BCUT2D eigenvalue weighted by atomic mass is 10.1. The van der Waals surface area contributed by atoms with Crippen LogP contribution in [0.5, 0.6) is 0 Å². The molecule has 0 bridgehead atoms. The summed E-state index contributed by atoms with van der Waals surface area (Å²) in [6.45, 7) is 2.91. The largest absolute Gasteiger partial charge is 0.334 e. The number of aryl methyl sites for hydroxylation is 1. The molecule has 0 aliphatic carbocycles. The van der Waals surface area contributed by atoms with E-state index in [4.69, 9.17) is 29.0 Å². The number of aromatic nitrogens is 2. The van der Waals surface area contributed by atoms with Gasteiger partial charge in [0.2, 0.25) is 0 Å². The van der Waals surface area contributed by atoms with Gasteiger partial charge in [-0.2, -0.15) is 0 Å². The lowest BCUT2D eigenvalue weighted by Gasteiger charge is -2.17. The van der Waals surface area contributed by atoms with Gasteiger partial charge in [-0.15, -0.1) is 0 Å². The van der Waals surface area contributed by atoms with Gasteiger partial charge in [-0.05, 0) is 31.0 Å². The van der Waals surface area contributed by atoms with Crippen LogP contribution in [0.3, 0.4) is 0 Å². The second-order valence-electron chi connectivity index (χ2n) is 4.23. The van der Waals surface area contributed by atoms with E-state index in [0.29, 0.717) is 16.5 Å². The van der Waals surface area contributed by atoms with Crippen molar-refractivity contribution in [1.82, 2.24) is 15.0 Å². The van der Waals surface area contributed by atoms with Gasteiger partial charge in [-0.3, -0.25) is 5.84 Å². The number of hydrogen-bond acceptors (Lipinski definition) is 3. The minimum atomic E-state index is -0.0892. The van der Waals surface area contributed by atoms with E-state index in [2.05, 4.69) is 17.3 Å². The number of imidazole rings is 1. The Morgan fingerprint density at radius 3 is 2.84 bits per heavy atom. The van der Waals surface area contributed by atoms with Crippen LogP contribution >= 0.6 is 23.2 Å². The third-order valence-corrected chi connectivity index (χ3v) is 3.63. The van der Waals surface area contributed by atoms with Crippen molar-refractivity contribution in [2.45, 2.75) is 25.9 Å². The monoisotopic (exact) mass is 298 g/mol. The van der Waals surface area contributed by atoms with Gasteiger partial charge in [0.05, 0.1) is 6.04 Å². The summed E-state index contributed by atoms with van der Waals surface area (Å²) in [6.07, 6.45) is 4.36. The van der Waals surface area contributed by atoms with E-state index in [1.165, 1.54) is 0 Å². The molecule has 0 aliphatic heterocycles. The fourth-order valence-corrected chi connectivity index (χ4v) is 2.52. The summed E-state index contributed by atoms with van der Waals surface area (Å²) in [5, 5.41) is 1.27. The molecule has 2 aromatic rings. The Balaban J connectivity index is 2.24. The molecule has 0 fully saturated rings. The summed E-state index contributed by atoms with van der Waals surface area (Å²) in [6, 6.07) is 5.38. The van der Waals surface area contributed by atoms with Crippen molar-refractivity contribution in [3.8, 4) is 0 Å². The topological polar surface area (TPSA) is 55.9 Å². The molecular formula is C13H16Cl2N4. The van der Waals surface area contributed by atoms with E-state index in [9.17, 15) is 0 Å². The van der Waals surface area contributed by atoms with Crippen LogP contribution in [0.1, 0.15) is 24.4 Å². The zero-order valence-electron chi connectivity index (χ0n) is 10.6. The van der Waals surface area contributed by atoms with Gasteiger partial charge in [0.15, 0.2) is 0 Å². The molecule has 4 nitrogen and oxygen atoms in total. The van der Waals surface area contributed by atoms with E-state index in [1.807, 2.05) is 22.9 Å². The third-order valence-electron chi connectivity index (χ3n) is 3.04. The SMILES string of the molecule is CCn1ccnc1C(Cc1ccc(Cl)cc1Cl)NN. The number of nitrogens with two attached hydrogens (primary N) is 1. The van der Waals surface area contributed by atoms with Crippen LogP contribution < -0.4 is 11.3 Å². The van der Waals surface area contributed by atoms with E-state index >= 15 is 0 Å². The molecule has 1 unspecified atom stereocenters. The number of hydrogen-bond donors (Lipinski definition) is 2. The number of nitrogens with zero attached hydrogens (tertiary/aromatic N) is 2. The Morgan fingerprint density at radius 1 is 1.42 bits per heavy atom. The highest BCUT2D eigenvalue weighted by Crippen LogP contribution is 2.25. The molecule has 0 saturated carbocycles. The van der Waals surface area contributed by atoms with Crippen LogP contribution in [-0.4, -0.2) is 9.55 Å². The van der Waals surface area contributed by atoms with Crippen LogP contribution in [-0.2, 0) is 13.0 Å². The molecule has 1 atom stereocenters. The number of nitrogens with one attached hydrogen (secondary N) is 1. The van der Waals surface area contributed by atoms with Crippen LogP contribution in [0.15, 0.2) is 30.6 Å². The van der Waals surface area contributed by atoms with Gasteiger partial charge in [0, 0.05) is 29.0 Å². The Labute approximate surface area is 122 Å². The van der Waals surface area contributed by atoms with Crippen molar-refractivity contribution >= 4 is 23.2 Å². The predicted molar refractivity (Wildman–Crippen MR) is 78.1 cm³/mol. The maximum absolute atomic E-state index is 6.19. The maximum atomic E-state index is 6.19. The highest BCUT2D eigenvalue weighted by molar-refractivity contribution is 6.35. The van der Waals surface area contributed by atoms with Crippen LogP contribution in [0.2, 0.25) is 10.0 Å². The zero-order valence-corrected chi connectivity index (χ0v) is 12.1. The van der Waals surface area contributed by atoms with Gasteiger partial charge in [0.1, 0.15) is 5.82 Å². The third kappa shape index (κ3) is 3.28. The van der Waals surface area contributed by atoms with Crippen molar-refractivity contribution in [3.63, 3.8) is 0 Å². The Bertz CT molecular complexity index is 553. The number of rotatable bonds is 5. The molecule has 6 heteroatoms. The van der Waals surface area contributed by atoms with E-state index < -0.39 is 0 Å². The fourth-order valence-electron chi connectivity index (χ4n) is 2.03. The molecule has 2 rings (SSSR count). The highest BCUT2D eigenvalue weighted by Gasteiger charge is 2.17. The zero-order chi connectivity index (χ0) is 13.8. The average molecular weight is 299 g/mol. The second-order valence-corrected chi connectivity index (χ2v) is 5.07. The minimum Gasteiger partial charge on any atom is -0.334 e. The van der Waals surface area contributed by atoms with Crippen LogP contribution in [0.25, 0.3) is 0 Å². The summed E-state index contributed by atoms with van der Waals surface area (Å²) in [4.78, 5) is 4.35. The summed E-state index contributed by atoms with van der Waals surface area (Å²) < 4.78 is 2.05. The number of hydrazine groups is 1. The molecule has 3 N–H and O–H groups in total. The Kier molecular flexibility index (Phi) is 4.82. The standard InChI is InChI=1S/C13H16Cl2N4/c1-2-19-6-5-17-13(19)12(18-16)7-9-3-4-10(14)8-11(9)15/h3-6,8,12,18H,2,7,16H2,1H3. The first-order valence-electron chi connectivity index (χ1n) is 6.06. The molecule has 1 aromatic heterocycles. The molecule has 1 aromatic carbocycles. The van der Waals surface area contributed by atoms with Crippen molar-refractivity contribution in [2.24, 2.45) is 5.84 Å². The normalized spacial score (nSPS) is 12.6. The van der Waals surface area contributed by atoms with E-state index in [-0.39, 0.29) is 6.04 Å². The number of halogens is 2. The first kappa shape index (κ1) is 14.3. The summed E-state index contributed by atoms with van der Waals surface area (Å²) in [5.41, 5.74) is 3.78. The minimum absolute atomic E-state index is 0.0892. The number of benzene rings is 1. The van der Waals surface area contributed by atoms with Gasteiger partial charge in [0.25, 0.3) is 0 Å². The molecule has 19 heavy (non-hydrogen) atoms. The summed E-state index contributed by atoms with van der Waals surface area (Å²) in [5.74, 6) is 6.54. The fraction of sp³-hybridized carbons (Fsp3) is 0.308. The van der Waals surface area contributed by atoms with E-state index in [0.717, 1.165) is 17.9 Å².